The summed E-state index contributed by atoms with van der Waals surface area (Å²) in [7, 11) is 0. The van der Waals surface area contributed by atoms with E-state index in [-0.39, 0.29) is 5.91 Å². The minimum Gasteiger partial charge on any atom is -0.321 e. The fourth-order valence-corrected chi connectivity index (χ4v) is 2.25. The van der Waals surface area contributed by atoms with Crippen LogP contribution in [0.1, 0.15) is 27.0 Å². The number of aryl methyl sites for hydroxylation is 2. The third-order valence-electron chi connectivity index (χ3n) is 2.99. The number of carbonyl (C=O) groups excluding carboxylic acids is 1. The minimum atomic E-state index is -0.204. The Morgan fingerprint density at radius 1 is 1.20 bits per heavy atom. The summed E-state index contributed by atoms with van der Waals surface area (Å²) in [6.45, 7) is 3.83. The van der Waals surface area contributed by atoms with Crippen molar-refractivity contribution in [1.82, 2.24) is 0 Å². The zero-order valence-corrected chi connectivity index (χ0v) is 12.8. The second-order valence-corrected chi connectivity index (χ2v) is 5.49. The zero-order chi connectivity index (χ0) is 14.7. The zero-order valence-electron chi connectivity index (χ0n) is 11.2. The van der Waals surface area contributed by atoms with Crippen molar-refractivity contribution in [2.24, 2.45) is 0 Å². The molecule has 0 saturated carbocycles. The molecule has 0 aliphatic rings. The van der Waals surface area contributed by atoms with Crippen LogP contribution in [0.5, 0.6) is 0 Å². The topological polar surface area (TPSA) is 52.9 Å². The SMILES string of the molecule is Cc1ccc(C)c(C(=O)Nc2ccc(Br)cc2C#N)c1. The van der Waals surface area contributed by atoms with Crippen molar-refractivity contribution in [3.63, 3.8) is 0 Å². The lowest BCUT2D eigenvalue weighted by molar-refractivity contribution is 0.102. The maximum atomic E-state index is 12.3. The molecule has 0 heterocycles. The summed E-state index contributed by atoms with van der Waals surface area (Å²) in [5.74, 6) is -0.204. The van der Waals surface area contributed by atoms with E-state index in [1.165, 1.54) is 0 Å². The predicted octanol–water partition coefficient (Wildman–Crippen LogP) is 4.19. The number of rotatable bonds is 2. The van der Waals surface area contributed by atoms with Crippen molar-refractivity contribution in [2.75, 3.05) is 5.32 Å². The van der Waals surface area contributed by atoms with Crippen LogP contribution in [-0.2, 0) is 0 Å². The Morgan fingerprint density at radius 2 is 1.95 bits per heavy atom. The molecule has 0 aliphatic heterocycles. The maximum Gasteiger partial charge on any atom is 0.255 e. The molecule has 100 valence electrons. The van der Waals surface area contributed by atoms with Crippen molar-refractivity contribution in [2.45, 2.75) is 13.8 Å². The Bertz CT molecular complexity index is 717. The van der Waals surface area contributed by atoms with Gasteiger partial charge in [-0.2, -0.15) is 5.26 Å². The van der Waals surface area contributed by atoms with Crippen molar-refractivity contribution < 1.29 is 4.79 Å². The van der Waals surface area contributed by atoms with Crippen LogP contribution in [0, 0.1) is 25.2 Å². The third-order valence-corrected chi connectivity index (χ3v) is 3.48. The van der Waals surface area contributed by atoms with Gasteiger partial charge in [0.2, 0.25) is 0 Å². The van der Waals surface area contributed by atoms with Crippen LogP contribution in [0.15, 0.2) is 40.9 Å². The molecular weight excluding hydrogens is 316 g/mol. The van der Waals surface area contributed by atoms with Gasteiger partial charge >= 0.3 is 0 Å². The fourth-order valence-electron chi connectivity index (χ4n) is 1.89. The first-order valence-corrected chi connectivity index (χ1v) is 6.89. The Balaban J connectivity index is 2.33. The minimum absolute atomic E-state index is 0.204. The number of nitrogens with zero attached hydrogens (tertiary/aromatic N) is 1. The molecule has 1 amide bonds. The van der Waals surface area contributed by atoms with Gasteiger partial charge in [-0.1, -0.05) is 33.6 Å². The third kappa shape index (κ3) is 3.06. The summed E-state index contributed by atoms with van der Waals surface area (Å²) in [5.41, 5.74) is 3.50. The molecule has 2 aromatic carbocycles. The molecule has 0 fully saturated rings. The van der Waals surface area contributed by atoms with E-state index in [1.54, 1.807) is 18.2 Å². The van der Waals surface area contributed by atoms with Gasteiger partial charge in [0.1, 0.15) is 6.07 Å². The molecule has 0 atom stereocenters. The average molecular weight is 329 g/mol. The standard InChI is InChI=1S/C16H13BrN2O/c1-10-3-4-11(2)14(7-10)16(20)19-15-6-5-13(17)8-12(15)9-18/h3-8H,1-2H3,(H,19,20). The van der Waals surface area contributed by atoms with E-state index in [0.717, 1.165) is 15.6 Å². The summed E-state index contributed by atoms with van der Waals surface area (Å²) in [6.07, 6.45) is 0. The van der Waals surface area contributed by atoms with Crippen LogP contribution < -0.4 is 5.32 Å². The van der Waals surface area contributed by atoms with Gasteiger partial charge in [0.25, 0.3) is 5.91 Å². The molecule has 4 heteroatoms. The quantitative estimate of drug-likeness (QED) is 0.898. The molecule has 0 aliphatic carbocycles. The molecule has 0 spiro atoms. The molecule has 0 unspecified atom stereocenters. The van der Waals surface area contributed by atoms with Gasteiger partial charge in [0.05, 0.1) is 11.3 Å². The molecule has 3 nitrogen and oxygen atoms in total. The highest BCUT2D eigenvalue weighted by atomic mass is 79.9. The van der Waals surface area contributed by atoms with E-state index < -0.39 is 0 Å². The Morgan fingerprint density at radius 3 is 2.65 bits per heavy atom. The first-order valence-electron chi connectivity index (χ1n) is 6.09. The van der Waals surface area contributed by atoms with Crippen molar-refractivity contribution in [3.8, 4) is 6.07 Å². The Kier molecular flexibility index (Phi) is 4.21. The number of halogens is 1. The molecule has 1 N–H and O–H groups in total. The molecule has 0 radical (unpaired) electrons. The first-order chi connectivity index (χ1) is 9.51. The van der Waals surface area contributed by atoms with Crippen LogP contribution in [0.4, 0.5) is 5.69 Å². The number of nitrogens with one attached hydrogen (secondary N) is 1. The van der Waals surface area contributed by atoms with Crippen LogP contribution in [0.25, 0.3) is 0 Å². The monoisotopic (exact) mass is 328 g/mol. The number of amides is 1. The van der Waals surface area contributed by atoms with Gasteiger partial charge in [-0.05, 0) is 43.7 Å². The van der Waals surface area contributed by atoms with E-state index in [1.807, 2.05) is 32.0 Å². The van der Waals surface area contributed by atoms with Gasteiger partial charge in [0.15, 0.2) is 0 Å². The molecule has 0 aromatic heterocycles. The molecule has 0 bridgehead atoms. The number of carbonyl (C=O) groups is 1. The lowest BCUT2D eigenvalue weighted by atomic mass is 10.0. The molecule has 0 saturated heterocycles. The molecule has 2 rings (SSSR count). The summed E-state index contributed by atoms with van der Waals surface area (Å²) >= 11 is 3.31. The Hall–Kier alpha value is -2.12. The Labute approximate surface area is 126 Å². The van der Waals surface area contributed by atoms with Crippen LogP contribution in [0.2, 0.25) is 0 Å². The molecule has 2 aromatic rings. The number of hydrogen-bond donors (Lipinski definition) is 1. The first kappa shape index (κ1) is 14.3. The largest absolute Gasteiger partial charge is 0.321 e. The van der Waals surface area contributed by atoms with Gasteiger partial charge < -0.3 is 5.32 Å². The normalized spacial score (nSPS) is 9.90. The predicted molar refractivity (Wildman–Crippen MR) is 82.7 cm³/mol. The van der Waals surface area contributed by atoms with Crippen molar-refractivity contribution in [1.29, 1.82) is 5.26 Å². The second kappa shape index (κ2) is 5.89. The van der Waals surface area contributed by atoms with Gasteiger partial charge in [-0.3, -0.25) is 4.79 Å². The van der Waals surface area contributed by atoms with Crippen LogP contribution in [0.3, 0.4) is 0 Å². The maximum absolute atomic E-state index is 12.3. The van der Waals surface area contributed by atoms with E-state index in [2.05, 4.69) is 27.3 Å². The number of hydrogen-bond acceptors (Lipinski definition) is 2. The lowest BCUT2D eigenvalue weighted by Gasteiger charge is -2.10. The number of benzene rings is 2. The number of anilines is 1. The summed E-state index contributed by atoms with van der Waals surface area (Å²) in [4.78, 5) is 12.3. The van der Waals surface area contributed by atoms with E-state index in [0.29, 0.717) is 16.8 Å². The van der Waals surface area contributed by atoms with Gasteiger partial charge in [-0.25, -0.2) is 0 Å². The smallest absolute Gasteiger partial charge is 0.255 e. The average Bonchev–Trinajstić information content (AvgIpc) is 2.43. The highest BCUT2D eigenvalue weighted by molar-refractivity contribution is 9.10. The van der Waals surface area contributed by atoms with Crippen LogP contribution in [-0.4, -0.2) is 5.91 Å². The van der Waals surface area contributed by atoms with E-state index in [9.17, 15) is 4.79 Å². The highest BCUT2D eigenvalue weighted by Gasteiger charge is 2.12. The van der Waals surface area contributed by atoms with E-state index >= 15 is 0 Å². The summed E-state index contributed by atoms with van der Waals surface area (Å²) < 4.78 is 0.804. The van der Waals surface area contributed by atoms with Gasteiger partial charge in [-0.15, -0.1) is 0 Å². The lowest BCUT2D eigenvalue weighted by Crippen LogP contribution is -2.14. The summed E-state index contributed by atoms with van der Waals surface area (Å²) in [6, 6.07) is 13.0. The number of nitriles is 1. The van der Waals surface area contributed by atoms with Gasteiger partial charge in [0, 0.05) is 10.0 Å². The molecule has 20 heavy (non-hydrogen) atoms. The highest BCUT2D eigenvalue weighted by Crippen LogP contribution is 2.21. The fraction of sp³-hybridized carbons (Fsp3) is 0.125. The van der Waals surface area contributed by atoms with Crippen molar-refractivity contribution in [3.05, 3.63) is 63.1 Å². The summed E-state index contributed by atoms with van der Waals surface area (Å²) in [5, 5.41) is 11.9. The molecular formula is C16H13BrN2O. The van der Waals surface area contributed by atoms with Crippen LogP contribution >= 0.6 is 15.9 Å². The van der Waals surface area contributed by atoms with E-state index in [4.69, 9.17) is 5.26 Å². The second-order valence-electron chi connectivity index (χ2n) is 4.57. The van der Waals surface area contributed by atoms with Crippen molar-refractivity contribution >= 4 is 27.5 Å².